The number of hydrogen-bond donors (Lipinski definition) is 2. The molecule has 3 aromatic heterocycles. The first-order chi connectivity index (χ1) is 9.65. The standard InChI is InChI=1S/C13H13N5OS/c1-8(14)10-7-20-13(16-10)17-12(19)9-6-15-18-5-3-2-4-11(9)18/h2-8H,14H2,1H3,(H,16,17,19). The second kappa shape index (κ2) is 5.03. The third-order valence-corrected chi connectivity index (χ3v) is 3.66. The zero-order valence-corrected chi connectivity index (χ0v) is 11.6. The molecule has 0 spiro atoms. The topological polar surface area (TPSA) is 85.3 Å². The Labute approximate surface area is 119 Å². The number of thiazole rings is 1. The van der Waals surface area contributed by atoms with Gasteiger partial charge in [0, 0.05) is 17.6 Å². The summed E-state index contributed by atoms with van der Waals surface area (Å²) in [5.74, 6) is -0.225. The molecule has 0 aliphatic heterocycles. The Morgan fingerprint density at radius 3 is 3.10 bits per heavy atom. The van der Waals surface area contributed by atoms with Gasteiger partial charge in [0.15, 0.2) is 5.13 Å². The van der Waals surface area contributed by atoms with E-state index < -0.39 is 0 Å². The molecule has 3 rings (SSSR count). The molecule has 3 heterocycles. The lowest BCUT2D eigenvalue weighted by molar-refractivity contribution is 0.102. The highest BCUT2D eigenvalue weighted by Crippen LogP contribution is 2.20. The van der Waals surface area contributed by atoms with Crippen molar-refractivity contribution in [3.63, 3.8) is 0 Å². The fourth-order valence-corrected chi connectivity index (χ4v) is 2.64. The zero-order chi connectivity index (χ0) is 14.1. The molecular formula is C13H13N5OS. The van der Waals surface area contributed by atoms with Gasteiger partial charge in [0.2, 0.25) is 0 Å². The summed E-state index contributed by atoms with van der Waals surface area (Å²) in [6, 6.07) is 5.42. The highest BCUT2D eigenvalue weighted by molar-refractivity contribution is 7.14. The maximum absolute atomic E-state index is 12.2. The Hall–Kier alpha value is -2.25. The summed E-state index contributed by atoms with van der Waals surface area (Å²) in [6.45, 7) is 1.85. The summed E-state index contributed by atoms with van der Waals surface area (Å²) in [4.78, 5) is 16.5. The molecular weight excluding hydrogens is 274 g/mol. The van der Waals surface area contributed by atoms with Crippen molar-refractivity contribution >= 4 is 27.9 Å². The number of anilines is 1. The Balaban J connectivity index is 1.85. The number of rotatable bonds is 3. The fourth-order valence-electron chi connectivity index (χ4n) is 1.83. The van der Waals surface area contributed by atoms with Crippen LogP contribution in [0.4, 0.5) is 5.13 Å². The van der Waals surface area contributed by atoms with Crippen LogP contribution in [0.1, 0.15) is 29.0 Å². The SMILES string of the molecule is CC(N)c1csc(NC(=O)c2cnn3ccccc23)n1. The number of nitrogens with two attached hydrogens (primary N) is 1. The molecule has 7 heteroatoms. The van der Waals surface area contributed by atoms with Crippen LogP contribution in [0.15, 0.2) is 36.0 Å². The van der Waals surface area contributed by atoms with Gasteiger partial charge in [-0.05, 0) is 19.1 Å². The molecule has 0 aromatic carbocycles. The average molecular weight is 287 g/mol. The largest absolute Gasteiger partial charge is 0.323 e. The highest BCUT2D eigenvalue weighted by Gasteiger charge is 2.14. The maximum atomic E-state index is 12.2. The van der Waals surface area contributed by atoms with Crippen molar-refractivity contribution in [2.45, 2.75) is 13.0 Å². The Morgan fingerprint density at radius 2 is 2.35 bits per heavy atom. The number of fused-ring (bicyclic) bond motifs is 1. The van der Waals surface area contributed by atoms with Gasteiger partial charge in [0.1, 0.15) is 0 Å². The van der Waals surface area contributed by atoms with Gasteiger partial charge >= 0.3 is 0 Å². The minimum absolute atomic E-state index is 0.145. The van der Waals surface area contributed by atoms with Crippen LogP contribution in [0.3, 0.4) is 0 Å². The summed E-state index contributed by atoms with van der Waals surface area (Å²) in [6.07, 6.45) is 3.34. The van der Waals surface area contributed by atoms with Crippen LogP contribution in [0.25, 0.3) is 5.52 Å². The molecule has 102 valence electrons. The summed E-state index contributed by atoms with van der Waals surface area (Å²) in [5.41, 5.74) is 7.79. The van der Waals surface area contributed by atoms with Gasteiger partial charge in [0.05, 0.1) is 23.0 Å². The molecule has 0 bridgehead atoms. The van der Waals surface area contributed by atoms with E-state index in [1.807, 2.05) is 30.5 Å². The van der Waals surface area contributed by atoms with E-state index in [-0.39, 0.29) is 11.9 Å². The predicted molar refractivity (Wildman–Crippen MR) is 77.9 cm³/mol. The molecule has 0 saturated heterocycles. The van der Waals surface area contributed by atoms with Crippen molar-refractivity contribution in [1.29, 1.82) is 0 Å². The van der Waals surface area contributed by atoms with E-state index in [9.17, 15) is 4.79 Å². The van der Waals surface area contributed by atoms with Gasteiger partial charge < -0.3 is 5.73 Å². The second-order valence-electron chi connectivity index (χ2n) is 4.41. The summed E-state index contributed by atoms with van der Waals surface area (Å²) in [5, 5.41) is 9.29. The van der Waals surface area contributed by atoms with Crippen molar-refractivity contribution < 1.29 is 4.79 Å². The van der Waals surface area contributed by atoms with Crippen LogP contribution < -0.4 is 11.1 Å². The van der Waals surface area contributed by atoms with E-state index in [0.717, 1.165) is 11.2 Å². The normalized spacial score (nSPS) is 12.5. The van der Waals surface area contributed by atoms with Gasteiger partial charge in [-0.15, -0.1) is 11.3 Å². The first kappa shape index (κ1) is 12.8. The number of hydrogen-bond acceptors (Lipinski definition) is 5. The van der Waals surface area contributed by atoms with Gasteiger partial charge in [-0.3, -0.25) is 10.1 Å². The first-order valence-electron chi connectivity index (χ1n) is 6.10. The monoisotopic (exact) mass is 287 g/mol. The number of carbonyl (C=O) groups is 1. The van der Waals surface area contributed by atoms with E-state index >= 15 is 0 Å². The summed E-state index contributed by atoms with van der Waals surface area (Å²) >= 11 is 1.36. The molecule has 3 aromatic rings. The second-order valence-corrected chi connectivity index (χ2v) is 5.27. The smallest absolute Gasteiger partial charge is 0.261 e. The number of carbonyl (C=O) groups excluding carboxylic acids is 1. The average Bonchev–Trinajstić information content (AvgIpc) is 3.04. The van der Waals surface area contributed by atoms with Gasteiger partial charge in [-0.25, -0.2) is 9.50 Å². The maximum Gasteiger partial charge on any atom is 0.261 e. The van der Waals surface area contributed by atoms with E-state index in [2.05, 4.69) is 15.4 Å². The number of pyridine rings is 1. The molecule has 3 N–H and O–H groups in total. The van der Waals surface area contributed by atoms with E-state index in [4.69, 9.17) is 5.73 Å². The predicted octanol–water partition coefficient (Wildman–Crippen LogP) is 2.06. The van der Waals surface area contributed by atoms with Gasteiger partial charge in [0.25, 0.3) is 5.91 Å². The molecule has 1 atom stereocenters. The molecule has 20 heavy (non-hydrogen) atoms. The lowest BCUT2D eigenvalue weighted by Gasteiger charge is -2.00. The van der Waals surface area contributed by atoms with Crippen LogP contribution in [0, 0.1) is 0 Å². The van der Waals surface area contributed by atoms with Crippen molar-refractivity contribution in [2.75, 3.05) is 5.32 Å². The van der Waals surface area contributed by atoms with Crippen LogP contribution in [-0.2, 0) is 0 Å². The van der Waals surface area contributed by atoms with Crippen LogP contribution in [0.2, 0.25) is 0 Å². The molecule has 1 unspecified atom stereocenters. The number of nitrogens with one attached hydrogen (secondary N) is 1. The molecule has 0 saturated carbocycles. The van der Waals surface area contributed by atoms with Crippen molar-refractivity contribution in [1.82, 2.24) is 14.6 Å². The third kappa shape index (κ3) is 2.28. The Kier molecular flexibility index (Phi) is 3.21. The Morgan fingerprint density at radius 1 is 1.50 bits per heavy atom. The third-order valence-electron chi connectivity index (χ3n) is 2.88. The molecule has 0 fully saturated rings. The fraction of sp³-hybridized carbons (Fsp3) is 0.154. The number of nitrogens with zero attached hydrogens (tertiary/aromatic N) is 3. The van der Waals surface area contributed by atoms with E-state index in [1.54, 1.807) is 16.9 Å². The van der Waals surface area contributed by atoms with Crippen LogP contribution >= 0.6 is 11.3 Å². The van der Waals surface area contributed by atoms with Crippen molar-refractivity contribution in [3.8, 4) is 0 Å². The van der Waals surface area contributed by atoms with Gasteiger partial charge in [-0.1, -0.05) is 6.07 Å². The van der Waals surface area contributed by atoms with E-state index in [0.29, 0.717) is 10.7 Å². The quantitative estimate of drug-likeness (QED) is 0.772. The summed E-state index contributed by atoms with van der Waals surface area (Å²) < 4.78 is 1.66. The van der Waals surface area contributed by atoms with Crippen LogP contribution in [-0.4, -0.2) is 20.5 Å². The highest BCUT2D eigenvalue weighted by atomic mass is 32.1. The van der Waals surface area contributed by atoms with E-state index in [1.165, 1.54) is 11.3 Å². The molecule has 0 aliphatic rings. The minimum Gasteiger partial charge on any atom is -0.323 e. The summed E-state index contributed by atoms with van der Waals surface area (Å²) in [7, 11) is 0. The lowest BCUT2D eigenvalue weighted by Crippen LogP contribution is -2.12. The molecule has 6 nitrogen and oxygen atoms in total. The molecule has 0 aliphatic carbocycles. The molecule has 1 amide bonds. The first-order valence-corrected chi connectivity index (χ1v) is 6.98. The number of aromatic nitrogens is 3. The van der Waals surface area contributed by atoms with Crippen molar-refractivity contribution in [2.24, 2.45) is 5.73 Å². The lowest BCUT2D eigenvalue weighted by atomic mass is 10.2. The minimum atomic E-state index is -0.225. The van der Waals surface area contributed by atoms with Crippen LogP contribution in [0.5, 0.6) is 0 Å². The molecule has 0 radical (unpaired) electrons. The van der Waals surface area contributed by atoms with Crippen molar-refractivity contribution in [3.05, 3.63) is 47.2 Å². The number of amides is 1. The zero-order valence-electron chi connectivity index (χ0n) is 10.8. The van der Waals surface area contributed by atoms with Gasteiger partial charge in [-0.2, -0.15) is 5.10 Å². The Bertz CT molecular complexity index is 761.